The predicted molar refractivity (Wildman–Crippen MR) is 92.0 cm³/mol. The fourth-order valence-corrected chi connectivity index (χ4v) is 2.21. The van der Waals surface area contributed by atoms with E-state index < -0.39 is 0 Å². The van der Waals surface area contributed by atoms with E-state index in [1.807, 2.05) is 0 Å². The molecule has 0 aliphatic carbocycles. The molecule has 5 nitrogen and oxygen atoms in total. The molecule has 0 amide bonds. The van der Waals surface area contributed by atoms with E-state index in [0.29, 0.717) is 22.3 Å². The number of fused-ring (bicyclic) bond motifs is 1. The first-order valence-electron chi connectivity index (χ1n) is 7.16. The molecule has 24 heavy (non-hydrogen) atoms. The van der Waals surface area contributed by atoms with Crippen molar-refractivity contribution in [2.24, 2.45) is 0 Å². The highest BCUT2D eigenvalue weighted by Gasteiger charge is 2.03. The Labute approximate surface area is 137 Å². The Morgan fingerprint density at radius 2 is 1.62 bits per heavy atom. The maximum Gasteiger partial charge on any atom is 0.193 e. The molecule has 5 heteroatoms. The second kappa shape index (κ2) is 6.34. The molecule has 3 rings (SSSR count). The third-order valence-electron chi connectivity index (χ3n) is 3.39. The molecule has 0 spiro atoms. The lowest BCUT2D eigenvalue weighted by Gasteiger charge is -1.99. The van der Waals surface area contributed by atoms with E-state index in [0.717, 1.165) is 0 Å². The summed E-state index contributed by atoms with van der Waals surface area (Å²) in [6.45, 7) is 0. The summed E-state index contributed by atoms with van der Waals surface area (Å²) in [5.74, 6) is 0.0143. The van der Waals surface area contributed by atoms with Gasteiger partial charge in [0.2, 0.25) is 0 Å². The Morgan fingerprint density at radius 1 is 0.833 bits per heavy atom. The summed E-state index contributed by atoms with van der Waals surface area (Å²) in [6.07, 6.45) is 6.72. The van der Waals surface area contributed by atoms with Crippen LogP contribution in [-0.2, 0) is 0 Å². The lowest BCUT2D eigenvalue weighted by Crippen LogP contribution is -1.99. The van der Waals surface area contributed by atoms with Gasteiger partial charge in [0.25, 0.3) is 0 Å². The van der Waals surface area contributed by atoms with Gasteiger partial charge in [-0.15, -0.1) is 0 Å². The highest BCUT2D eigenvalue weighted by atomic mass is 16.3. The van der Waals surface area contributed by atoms with Gasteiger partial charge in [0.15, 0.2) is 16.9 Å². The highest BCUT2D eigenvalue weighted by Crippen LogP contribution is 2.25. The van der Waals surface area contributed by atoms with E-state index in [-0.39, 0.29) is 22.7 Å². The molecule has 0 fully saturated rings. The molecule has 1 aromatic heterocycles. The number of rotatable bonds is 3. The van der Waals surface area contributed by atoms with Crippen molar-refractivity contribution < 1.29 is 19.7 Å². The van der Waals surface area contributed by atoms with Crippen LogP contribution < -0.4 is 5.43 Å². The molecular weight excluding hydrogens is 308 g/mol. The Kier molecular flexibility index (Phi) is 4.07. The molecule has 0 saturated heterocycles. The van der Waals surface area contributed by atoms with Crippen molar-refractivity contribution in [3.63, 3.8) is 0 Å². The first-order chi connectivity index (χ1) is 11.5. The van der Waals surface area contributed by atoms with Crippen LogP contribution in [0.25, 0.3) is 23.1 Å². The molecule has 0 saturated carbocycles. The number of allylic oxidation sites excluding steroid dienone is 2. The van der Waals surface area contributed by atoms with Gasteiger partial charge in [-0.05, 0) is 35.9 Å². The van der Waals surface area contributed by atoms with Crippen molar-refractivity contribution >= 4 is 23.1 Å². The third-order valence-corrected chi connectivity index (χ3v) is 3.39. The van der Waals surface area contributed by atoms with Gasteiger partial charge in [0, 0.05) is 12.1 Å². The van der Waals surface area contributed by atoms with Crippen LogP contribution >= 0.6 is 0 Å². The topological polar surface area (TPSA) is 90.9 Å². The van der Waals surface area contributed by atoms with E-state index >= 15 is 0 Å². The van der Waals surface area contributed by atoms with Crippen LogP contribution in [0.4, 0.5) is 0 Å². The maximum atomic E-state index is 12.0. The first-order valence-corrected chi connectivity index (χ1v) is 7.16. The smallest absolute Gasteiger partial charge is 0.193 e. The number of phenolic OH excluding ortho intramolecular Hbond substituents is 3. The van der Waals surface area contributed by atoms with Gasteiger partial charge in [-0.1, -0.05) is 24.3 Å². The minimum absolute atomic E-state index is 0.0267. The molecule has 3 aromatic rings. The van der Waals surface area contributed by atoms with Crippen molar-refractivity contribution in [1.82, 2.24) is 0 Å². The predicted octanol–water partition coefficient (Wildman–Crippen LogP) is 3.64. The van der Waals surface area contributed by atoms with Crippen LogP contribution in [0.5, 0.6) is 17.2 Å². The monoisotopic (exact) mass is 322 g/mol. The van der Waals surface area contributed by atoms with E-state index in [1.54, 1.807) is 30.4 Å². The molecule has 120 valence electrons. The summed E-state index contributed by atoms with van der Waals surface area (Å²) in [5, 5.41) is 28.5. The molecule has 0 aliphatic heterocycles. The van der Waals surface area contributed by atoms with Gasteiger partial charge < -0.3 is 19.7 Å². The molecular formula is C19H14O5. The lowest BCUT2D eigenvalue weighted by molar-refractivity contribution is 0.403. The Bertz CT molecular complexity index is 1010. The maximum absolute atomic E-state index is 12.0. The van der Waals surface area contributed by atoms with Crippen LogP contribution in [0.3, 0.4) is 0 Å². The van der Waals surface area contributed by atoms with Crippen LogP contribution in [0, 0.1) is 0 Å². The van der Waals surface area contributed by atoms with Gasteiger partial charge >= 0.3 is 0 Å². The van der Waals surface area contributed by atoms with Crippen molar-refractivity contribution in [3.8, 4) is 17.2 Å². The summed E-state index contributed by atoms with van der Waals surface area (Å²) in [5.41, 5.74) is 0.831. The van der Waals surface area contributed by atoms with E-state index in [9.17, 15) is 20.1 Å². The van der Waals surface area contributed by atoms with Gasteiger partial charge in [0.1, 0.15) is 17.1 Å². The van der Waals surface area contributed by atoms with E-state index in [2.05, 4.69) is 0 Å². The van der Waals surface area contributed by atoms with Crippen LogP contribution in [0.1, 0.15) is 11.3 Å². The minimum atomic E-state index is -0.193. The van der Waals surface area contributed by atoms with Gasteiger partial charge in [-0.25, -0.2) is 0 Å². The Balaban J connectivity index is 1.83. The van der Waals surface area contributed by atoms with Gasteiger partial charge in [-0.3, -0.25) is 4.79 Å². The average molecular weight is 322 g/mol. The number of hydrogen-bond donors (Lipinski definition) is 3. The second-order valence-corrected chi connectivity index (χ2v) is 5.16. The molecule has 0 unspecified atom stereocenters. The minimum Gasteiger partial charge on any atom is -0.508 e. The largest absolute Gasteiger partial charge is 0.508 e. The SMILES string of the molecule is O=c1cc(/C=C/C=C/c2ccc(O)c(O)c2)oc2cc(O)ccc12. The van der Waals surface area contributed by atoms with Crippen LogP contribution in [-0.4, -0.2) is 15.3 Å². The molecule has 0 radical (unpaired) electrons. The molecule has 0 atom stereocenters. The van der Waals surface area contributed by atoms with Crippen LogP contribution in [0.2, 0.25) is 0 Å². The fraction of sp³-hybridized carbons (Fsp3) is 0. The molecule has 2 aromatic carbocycles. The first kappa shape index (κ1) is 15.4. The Hall–Kier alpha value is -3.47. The third kappa shape index (κ3) is 3.30. The summed E-state index contributed by atoms with van der Waals surface area (Å²) in [7, 11) is 0. The second-order valence-electron chi connectivity index (χ2n) is 5.16. The summed E-state index contributed by atoms with van der Waals surface area (Å²) < 4.78 is 5.56. The normalized spacial score (nSPS) is 11.7. The lowest BCUT2D eigenvalue weighted by atomic mass is 10.2. The quantitative estimate of drug-likeness (QED) is 0.506. The standard InChI is InChI=1S/C19H14O5/c20-13-6-7-15-17(22)11-14(24-19(15)10-13)4-2-1-3-12-5-8-16(21)18(23)9-12/h1-11,20-21,23H/b3-1+,4-2+. The molecule has 0 bridgehead atoms. The summed E-state index contributed by atoms with van der Waals surface area (Å²) in [4.78, 5) is 12.0. The zero-order valence-corrected chi connectivity index (χ0v) is 12.5. The number of aromatic hydroxyl groups is 3. The highest BCUT2D eigenvalue weighted by molar-refractivity contribution is 5.78. The molecule has 1 heterocycles. The zero-order chi connectivity index (χ0) is 17.1. The number of benzene rings is 2. The average Bonchev–Trinajstić information content (AvgIpc) is 2.54. The Morgan fingerprint density at radius 3 is 2.42 bits per heavy atom. The van der Waals surface area contributed by atoms with E-state index in [1.165, 1.54) is 36.4 Å². The number of hydrogen-bond acceptors (Lipinski definition) is 5. The van der Waals surface area contributed by atoms with Crippen molar-refractivity contribution in [3.05, 3.63) is 76.2 Å². The number of phenols is 3. The molecule has 0 aliphatic rings. The van der Waals surface area contributed by atoms with Crippen molar-refractivity contribution in [2.75, 3.05) is 0 Å². The zero-order valence-electron chi connectivity index (χ0n) is 12.5. The summed E-state index contributed by atoms with van der Waals surface area (Å²) in [6, 6.07) is 10.2. The van der Waals surface area contributed by atoms with Crippen molar-refractivity contribution in [2.45, 2.75) is 0 Å². The van der Waals surface area contributed by atoms with Gasteiger partial charge in [-0.2, -0.15) is 0 Å². The molecule has 3 N–H and O–H groups in total. The van der Waals surface area contributed by atoms with Crippen LogP contribution in [0.15, 0.2) is 63.8 Å². The van der Waals surface area contributed by atoms with Gasteiger partial charge in [0.05, 0.1) is 5.39 Å². The fourth-order valence-electron chi connectivity index (χ4n) is 2.21. The summed E-state index contributed by atoms with van der Waals surface area (Å²) >= 11 is 0. The van der Waals surface area contributed by atoms with Crippen molar-refractivity contribution in [1.29, 1.82) is 0 Å². The van der Waals surface area contributed by atoms with E-state index in [4.69, 9.17) is 4.42 Å².